The third-order valence-corrected chi connectivity index (χ3v) is 9.08. The Morgan fingerprint density at radius 2 is 1.84 bits per heavy atom. The molecule has 0 aromatic heterocycles. The Hall–Kier alpha value is -1.78. The van der Waals surface area contributed by atoms with Crippen molar-refractivity contribution in [2.45, 2.75) is 16.7 Å². The molecule has 0 aliphatic carbocycles. The molecule has 10 heteroatoms. The van der Waals surface area contributed by atoms with E-state index in [4.69, 9.17) is 16.3 Å². The van der Waals surface area contributed by atoms with Gasteiger partial charge >= 0.3 is 0 Å². The van der Waals surface area contributed by atoms with Crippen molar-refractivity contribution in [3.8, 4) is 5.75 Å². The Balaban J connectivity index is 1.33. The lowest BCUT2D eigenvalue weighted by Gasteiger charge is -2.33. The van der Waals surface area contributed by atoms with Gasteiger partial charge in [-0.3, -0.25) is 9.69 Å². The first kappa shape index (κ1) is 23.4. The Labute approximate surface area is 198 Å². The minimum Gasteiger partial charge on any atom is -0.492 e. The number of anilines is 1. The van der Waals surface area contributed by atoms with Crippen LogP contribution in [0.3, 0.4) is 0 Å². The highest BCUT2D eigenvalue weighted by Gasteiger charge is 2.30. The van der Waals surface area contributed by atoms with E-state index in [0.29, 0.717) is 49.2 Å². The number of nitrogens with one attached hydrogen (secondary N) is 1. The van der Waals surface area contributed by atoms with E-state index in [0.717, 1.165) is 17.2 Å². The number of benzene rings is 2. The number of hydrogen-bond donors (Lipinski definition) is 1. The summed E-state index contributed by atoms with van der Waals surface area (Å²) in [6, 6.07) is 12.2. The van der Waals surface area contributed by atoms with Gasteiger partial charge in [-0.25, -0.2) is 8.42 Å². The van der Waals surface area contributed by atoms with Crippen LogP contribution in [0.2, 0.25) is 5.02 Å². The predicted molar refractivity (Wildman–Crippen MR) is 127 cm³/mol. The van der Waals surface area contributed by atoms with Crippen molar-refractivity contribution in [2.24, 2.45) is 5.92 Å². The largest absolute Gasteiger partial charge is 0.492 e. The molecule has 0 spiro atoms. The average Bonchev–Trinajstić information content (AvgIpc) is 2.93. The molecule has 4 rings (SSSR count). The van der Waals surface area contributed by atoms with Crippen molar-refractivity contribution in [1.29, 1.82) is 0 Å². The number of rotatable bonds is 6. The summed E-state index contributed by atoms with van der Waals surface area (Å²) in [5, 5.41) is 3.53. The van der Waals surface area contributed by atoms with Crippen LogP contribution in [-0.4, -0.2) is 68.6 Å². The van der Waals surface area contributed by atoms with Crippen LogP contribution in [0.25, 0.3) is 0 Å². The summed E-state index contributed by atoms with van der Waals surface area (Å²) in [4.78, 5) is 15.5. The Morgan fingerprint density at radius 1 is 1.12 bits per heavy atom. The number of sulfonamides is 1. The molecule has 1 N–H and O–H groups in total. The van der Waals surface area contributed by atoms with Crippen molar-refractivity contribution in [3.63, 3.8) is 0 Å². The summed E-state index contributed by atoms with van der Waals surface area (Å²) in [6.07, 6.45) is 0. The van der Waals surface area contributed by atoms with Crippen LogP contribution < -0.4 is 10.1 Å². The van der Waals surface area contributed by atoms with Crippen molar-refractivity contribution in [1.82, 2.24) is 9.21 Å². The fourth-order valence-corrected chi connectivity index (χ4v) is 6.19. The van der Waals surface area contributed by atoms with Gasteiger partial charge in [-0.2, -0.15) is 4.31 Å². The molecule has 32 heavy (non-hydrogen) atoms. The van der Waals surface area contributed by atoms with E-state index >= 15 is 0 Å². The van der Waals surface area contributed by atoms with Crippen LogP contribution in [-0.2, 0) is 14.8 Å². The van der Waals surface area contributed by atoms with E-state index in [1.807, 2.05) is 19.1 Å². The molecule has 1 atom stereocenters. The Morgan fingerprint density at radius 3 is 2.56 bits per heavy atom. The van der Waals surface area contributed by atoms with E-state index < -0.39 is 10.0 Å². The third-order valence-electron chi connectivity index (χ3n) is 5.60. The zero-order valence-electron chi connectivity index (χ0n) is 17.8. The maximum Gasteiger partial charge on any atom is 0.243 e. The normalized spacial score (nSPS) is 20.3. The summed E-state index contributed by atoms with van der Waals surface area (Å²) in [7, 11) is -3.63. The fourth-order valence-electron chi connectivity index (χ4n) is 3.61. The van der Waals surface area contributed by atoms with Crippen molar-refractivity contribution >= 4 is 45.0 Å². The van der Waals surface area contributed by atoms with Crippen LogP contribution >= 0.6 is 23.4 Å². The molecule has 7 nitrogen and oxygen atoms in total. The van der Waals surface area contributed by atoms with E-state index in [2.05, 4.69) is 10.2 Å². The molecule has 0 radical (unpaired) electrons. The highest BCUT2D eigenvalue weighted by Crippen LogP contribution is 2.34. The average molecular weight is 496 g/mol. The molecule has 1 amide bonds. The molecule has 0 bridgehead atoms. The summed E-state index contributed by atoms with van der Waals surface area (Å²) < 4.78 is 33.6. The molecule has 0 saturated carbocycles. The minimum absolute atomic E-state index is 0.0831. The lowest BCUT2D eigenvalue weighted by molar-refractivity contribution is -0.118. The topological polar surface area (TPSA) is 79.0 Å². The van der Waals surface area contributed by atoms with Gasteiger partial charge in [0.25, 0.3) is 0 Å². The first-order valence-corrected chi connectivity index (χ1v) is 13.3. The van der Waals surface area contributed by atoms with Crippen LogP contribution in [0.5, 0.6) is 5.75 Å². The van der Waals surface area contributed by atoms with E-state index in [-0.39, 0.29) is 16.7 Å². The Bertz CT molecular complexity index is 1070. The Kier molecular flexibility index (Phi) is 7.31. The second-order valence-corrected chi connectivity index (χ2v) is 11.3. The van der Waals surface area contributed by atoms with Gasteiger partial charge in [0.1, 0.15) is 12.4 Å². The number of piperazine rings is 1. The SMILES string of the molecule is C[C@@H]1CSc2ccc(S(=O)(=O)N3CCN(CCOc4ccc(Cl)cc4)CC3)cc2NC1=O. The summed E-state index contributed by atoms with van der Waals surface area (Å²) >= 11 is 7.45. The number of halogens is 1. The summed E-state index contributed by atoms with van der Waals surface area (Å²) in [6.45, 7) is 5.21. The van der Waals surface area contributed by atoms with Crippen LogP contribution in [0.1, 0.15) is 6.92 Å². The molecular weight excluding hydrogens is 470 g/mol. The monoisotopic (exact) mass is 495 g/mol. The maximum atomic E-state index is 13.2. The lowest BCUT2D eigenvalue weighted by atomic mass is 10.2. The number of thioether (sulfide) groups is 1. The standard InChI is InChI=1S/C22H26ClN3O4S2/c1-16-15-31-21-7-6-19(14-20(21)24-22(16)27)32(28,29)26-10-8-25(9-11-26)12-13-30-18-4-2-17(23)3-5-18/h2-7,14,16H,8-13,15H2,1H3,(H,24,27)/t16-/m1/s1. The van der Waals surface area contributed by atoms with Gasteiger partial charge in [0, 0.05) is 54.3 Å². The van der Waals surface area contributed by atoms with Crippen LogP contribution in [0.15, 0.2) is 52.3 Å². The second kappa shape index (κ2) is 10.0. The van der Waals surface area contributed by atoms with E-state index in [1.54, 1.807) is 42.1 Å². The number of carbonyl (C=O) groups is 1. The minimum atomic E-state index is -3.63. The molecule has 1 fully saturated rings. The summed E-state index contributed by atoms with van der Waals surface area (Å²) in [5.74, 6) is 1.23. The molecular formula is C22H26ClN3O4S2. The molecule has 2 aromatic carbocycles. The quantitative estimate of drug-likeness (QED) is 0.661. The molecule has 2 aromatic rings. The highest BCUT2D eigenvalue weighted by atomic mass is 35.5. The fraction of sp³-hybridized carbons (Fsp3) is 0.409. The lowest BCUT2D eigenvalue weighted by Crippen LogP contribution is -2.49. The zero-order valence-corrected chi connectivity index (χ0v) is 20.2. The van der Waals surface area contributed by atoms with Crippen molar-refractivity contribution < 1.29 is 17.9 Å². The smallest absolute Gasteiger partial charge is 0.243 e. The number of hydrogen-bond acceptors (Lipinski definition) is 6. The van der Waals surface area contributed by atoms with Gasteiger partial charge in [-0.1, -0.05) is 18.5 Å². The van der Waals surface area contributed by atoms with Gasteiger partial charge in [-0.15, -0.1) is 11.8 Å². The molecule has 0 unspecified atom stereocenters. The molecule has 2 heterocycles. The van der Waals surface area contributed by atoms with Gasteiger partial charge < -0.3 is 10.1 Å². The number of fused-ring (bicyclic) bond motifs is 1. The number of nitrogens with zero attached hydrogens (tertiary/aromatic N) is 2. The number of amides is 1. The molecule has 172 valence electrons. The summed E-state index contributed by atoms with van der Waals surface area (Å²) in [5.41, 5.74) is 0.573. The number of ether oxygens (including phenoxy) is 1. The van der Waals surface area contributed by atoms with Gasteiger partial charge in [-0.05, 0) is 42.5 Å². The first-order valence-electron chi connectivity index (χ1n) is 10.5. The molecule has 2 aliphatic heterocycles. The predicted octanol–water partition coefficient (Wildman–Crippen LogP) is 3.41. The van der Waals surface area contributed by atoms with Gasteiger partial charge in [0.05, 0.1) is 10.6 Å². The second-order valence-electron chi connectivity index (χ2n) is 7.91. The molecule has 2 aliphatic rings. The van der Waals surface area contributed by atoms with E-state index in [9.17, 15) is 13.2 Å². The highest BCUT2D eigenvalue weighted by molar-refractivity contribution is 7.99. The van der Waals surface area contributed by atoms with Crippen molar-refractivity contribution in [2.75, 3.05) is 50.4 Å². The van der Waals surface area contributed by atoms with E-state index in [1.165, 1.54) is 4.31 Å². The zero-order chi connectivity index (χ0) is 22.7. The van der Waals surface area contributed by atoms with Crippen LogP contribution in [0.4, 0.5) is 5.69 Å². The van der Waals surface area contributed by atoms with Crippen molar-refractivity contribution in [3.05, 3.63) is 47.5 Å². The molecule has 1 saturated heterocycles. The van der Waals surface area contributed by atoms with Gasteiger partial charge in [0.2, 0.25) is 15.9 Å². The van der Waals surface area contributed by atoms with Crippen LogP contribution in [0, 0.1) is 5.92 Å². The maximum absolute atomic E-state index is 13.2. The third kappa shape index (κ3) is 5.40. The number of carbonyl (C=O) groups excluding carboxylic acids is 1. The first-order chi connectivity index (χ1) is 15.3. The van der Waals surface area contributed by atoms with Gasteiger partial charge in [0.15, 0.2) is 0 Å².